The van der Waals surface area contributed by atoms with Gasteiger partial charge in [-0.1, -0.05) is 18.2 Å². The van der Waals surface area contributed by atoms with E-state index in [2.05, 4.69) is 0 Å². The molecule has 0 aliphatic rings. The summed E-state index contributed by atoms with van der Waals surface area (Å²) in [4.78, 5) is 23.6. The van der Waals surface area contributed by atoms with Crippen molar-refractivity contribution in [1.29, 1.82) is 0 Å². The van der Waals surface area contributed by atoms with E-state index >= 15 is 0 Å². The van der Waals surface area contributed by atoms with Crippen LogP contribution < -0.4 is 0 Å². The highest BCUT2D eigenvalue weighted by Crippen LogP contribution is 2.02. The van der Waals surface area contributed by atoms with E-state index in [-0.39, 0.29) is 12.6 Å². The number of carbonyl (C=O) groups excluding carboxylic acids is 2. The number of carbonyl (C=O) groups is 2. The fraction of sp³-hybridized carbons (Fsp3) is 0.273. The van der Waals surface area contributed by atoms with Gasteiger partial charge in [-0.2, -0.15) is 0 Å². The zero-order valence-electron chi connectivity index (χ0n) is 8.77. The van der Waals surface area contributed by atoms with Crippen molar-refractivity contribution < 1.29 is 14.3 Å². The number of hydrogen-bond donors (Lipinski definition) is 0. The van der Waals surface area contributed by atoms with Gasteiger partial charge in [-0.15, -0.1) is 0 Å². The molecule has 4 nitrogen and oxygen atoms in total. The van der Waals surface area contributed by atoms with Gasteiger partial charge in [0.2, 0.25) is 0 Å². The van der Waals surface area contributed by atoms with Crippen LogP contribution in [0.3, 0.4) is 0 Å². The van der Waals surface area contributed by atoms with Crippen molar-refractivity contribution in [2.45, 2.75) is 6.92 Å². The quantitative estimate of drug-likeness (QED) is 0.554. The van der Waals surface area contributed by atoms with Crippen LogP contribution in [-0.4, -0.2) is 30.6 Å². The lowest BCUT2D eigenvalue weighted by Crippen LogP contribution is -2.29. The molecular formula is C11H13NO3. The molecule has 1 amide bonds. The van der Waals surface area contributed by atoms with Crippen LogP contribution in [-0.2, 0) is 9.53 Å². The highest BCUT2D eigenvalue weighted by Gasteiger charge is 2.11. The minimum Gasteiger partial charge on any atom is -0.444 e. The van der Waals surface area contributed by atoms with Crippen LogP contribution in [0, 0.1) is 0 Å². The van der Waals surface area contributed by atoms with E-state index in [9.17, 15) is 9.59 Å². The van der Waals surface area contributed by atoms with Gasteiger partial charge in [-0.3, -0.25) is 9.59 Å². The fourth-order valence-corrected chi connectivity index (χ4v) is 1.05. The van der Waals surface area contributed by atoms with Gasteiger partial charge in [0.1, 0.15) is 0 Å². The van der Waals surface area contributed by atoms with E-state index in [1.165, 1.54) is 11.8 Å². The Kier molecular flexibility index (Phi) is 3.85. The largest absolute Gasteiger partial charge is 0.444 e. The summed E-state index contributed by atoms with van der Waals surface area (Å²) in [7, 11) is 1.58. The highest BCUT2D eigenvalue weighted by atomic mass is 16.5. The Morgan fingerprint density at radius 2 is 1.87 bits per heavy atom. The van der Waals surface area contributed by atoms with Crippen LogP contribution in [0.5, 0.6) is 0 Å². The van der Waals surface area contributed by atoms with Crippen LogP contribution in [0.2, 0.25) is 0 Å². The second-order valence-corrected chi connectivity index (χ2v) is 3.13. The third-order valence-electron chi connectivity index (χ3n) is 1.83. The van der Waals surface area contributed by atoms with Crippen LogP contribution in [0.25, 0.3) is 0 Å². The predicted octanol–water partition coefficient (Wildman–Crippen LogP) is 1.28. The van der Waals surface area contributed by atoms with Gasteiger partial charge in [-0.25, -0.2) is 0 Å². The summed E-state index contributed by atoms with van der Waals surface area (Å²) >= 11 is 0. The van der Waals surface area contributed by atoms with Gasteiger partial charge in [0.05, 0.1) is 0 Å². The molecule has 0 bridgehead atoms. The Balaban J connectivity index is 2.57. The lowest BCUT2D eigenvalue weighted by Gasteiger charge is -2.16. The smallest absolute Gasteiger partial charge is 0.304 e. The molecule has 0 saturated heterocycles. The van der Waals surface area contributed by atoms with E-state index in [0.29, 0.717) is 5.56 Å². The molecule has 0 fully saturated rings. The maximum Gasteiger partial charge on any atom is 0.304 e. The van der Waals surface area contributed by atoms with Gasteiger partial charge in [0.25, 0.3) is 5.91 Å². The van der Waals surface area contributed by atoms with Gasteiger partial charge in [-0.05, 0) is 12.1 Å². The maximum atomic E-state index is 11.7. The molecule has 0 unspecified atom stereocenters. The Labute approximate surface area is 88.5 Å². The van der Waals surface area contributed by atoms with Gasteiger partial charge >= 0.3 is 5.97 Å². The zero-order valence-corrected chi connectivity index (χ0v) is 8.77. The van der Waals surface area contributed by atoms with E-state index < -0.39 is 5.97 Å². The predicted molar refractivity (Wildman–Crippen MR) is 55.2 cm³/mol. The normalized spacial score (nSPS) is 9.47. The number of nitrogens with zero attached hydrogens (tertiary/aromatic N) is 1. The first-order chi connectivity index (χ1) is 7.11. The van der Waals surface area contributed by atoms with Crippen LogP contribution in [0.4, 0.5) is 0 Å². The first-order valence-electron chi connectivity index (χ1n) is 4.55. The van der Waals surface area contributed by atoms with Crippen LogP contribution in [0.1, 0.15) is 17.3 Å². The second-order valence-electron chi connectivity index (χ2n) is 3.13. The SMILES string of the molecule is CC(=O)OCN(C)C(=O)c1ccccc1. The van der Waals surface area contributed by atoms with Crippen molar-refractivity contribution in [3.05, 3.63) is 35.9 Å². The molecule has 80 valence electrons. The Bertz CT molecular complexity index is 348. The molecule has 0 spiro atoms. The lowest BCUT2D eigenvalue weighted by atomic mass is 10.2. The summed E-state index contributed by atoms with van der Waals surface area (Å²) in [5.41, 5.74) is 0.576. The summed E-state index contributed by atoms with van der Waals surface area (Å²) in [5, 5.41) is 0. The fourth-order valence-electron chi connectivity index (χ4n) is 1.05. The van der Waals surface area contributed by atoms with Crippen molar-refractivity contribution in [2.24, 2.45) is 0 Å². The zero-order chi connectivity index (χ0) is 11.3. The first kappa shape index (κ1) is 11.2. The van der Waals surface area contributed by atoms with Crippen molar-refractivity contribution in [3.8, 4) is 0 Å². The number of rotatable bonds is 3. The molecule has 0 atom stereocenters. The summed E-state index contributed by atoms with van der Waals surface area (Å²) in [6.07, 6.45) is 0. The molecule has 0 aromatic heterocycles. The van der Waals surface area contributed by atoms with E-state index in [1.54, 1.807) is 31.3 Å². The Morgan fingerprint density at radius 1 is 1.27 bits per heavy atom. The number of esters is 1. The van der Waals surface area contributed by atoms with E-state index in [4.69, 9.17) is 4.74 Å². The summed E-state index contributed by atoms with van der Waals surface area (Å²) in [5.74, 6) is -0.570. The average molecular weight is 207 g/mol. The number of amides is 1. The van der Waals surface area contributed by atoms with Crippen molar-refractivity contribution in [3.63, 3.8) is 0 Å². The number of ether oxygens (including phenoxy) is 1. The summed E-state index contributed by atoms with van der Waals surface area (Å²) < 4.78 is 4.71. The molecule has 0 N–H and O–H groups in total. The van der Waals surface area contributed by atoms with Gasteiger partial charge in [0, 0.05) is 19.5 Å². The number of hydrogen-bond acceptors (Lipinski definition) is 3. The Morgan fingerprint density at radius 3 is 2.40 bits per heavy atom. The molecule has 15 heavy (non-hydrogen) atoms. The van der Waals surface area contributed by atoms with Gasteiger partial charge < -0.3 is 9.64 Å². The molecule has 0 saturated carbocycles. The first-order valence-corrected chi connectivity index (χ1v) is 4.55. The molecule has 0 radical (unpaired) electrons. The minimum atomic E-state index is -0.400. The topological polar surface area (TPSA) is 46.6 Å². The van der Waals surface area contributed by atoms with Crippen LogP contribution >= 0.6 is 0 Å². The van der Waals surface area contributed by atoms with Crippen molar-refractivity contribution in [1.82, 2.24) is 4.90 Å². The molecule has 1 aromatic rings. The van der Waals surface area contributed by atoms with Crippen molar-refractivity contribution in [2.75, 3.05) is 13.8 Å². The maximum absolute atomic E-state index is 11.7. The Hall–Kier alpha value is -1.84. The highest BCUT2D eigenvalue weighted by molar-refractivity contribution is 5.93. The molecule has 0 heterocycles. The molecule has 0 aliphatic heterocycles. The molecule has 4 heteroatoms. The third kappa shape index (κ3) is 3.42. The summed E-state index contributed by atoms with van der Waals surface area (Å²) in [6, 6.07) is 8.84. The molecule has 0 aliphatic carbocycles. The minimum absolute atomic E-state index is 0.0247. The van der Waals surface area contributed by atoms with E-state index in [1.807, 2.05) is 6.07 Å². The van der Waals surface area contributed by atoms with E-state index in [0.717, 1.165) is 0 Å². The average Bonchev–Trinajstić information content (AvgIpc) is 2.26. The van der Waals surface area contributed by atoms with Crippen LogP contribution in [0.15, 0.2) is 30.3 Å². The molecular weight excluding hydrogens is 194 g/mol. The van der Waals surface area contributed by atoms with Crippen molar-refractivity contribution >= 4 is 11.9 Å². The summed E-state index contributed by atoms with van der Waals surface area (Å²) in [6.45, 7) is 1.28. The van der Waals surface area contributed by atoms with Gasteiger partial charge in [0.15, 0.2) is 6.73 Å². The third-order valence-corrected chi connectivity index (χ3v) is 1.83. The molecule has 1 aromatic carbocycles. The lowest BCUT2D eigenvalue weighted by molar-refractivity contribution is -0.144. The second kappa shape index (κ2) is 5.14. The molecule has 1 rings (SSSR count). The monoisotopic (exact) mass is 207 g/mol. The number of benzene rings is 1. The standard InChI is InChI=1S/C11H13NO3/c1-9(13)15-8-12(2)11(14)10-6-4-3-5-7-10/h3-7H,8H2,1-2H3.